The van der Waals surface area contributed by atoms with Gasteiger partial charge in [0.1, 0.15) is 5.03 Å². The van der Waals surface area contributed by atoms with Crippen molar-refractivity contribution in [3.63, 3.8) is 0 Å². The number of carbonyl (C=O) groups excluding carboxylic acids is 2. The van der Waals surface area contributed by atoms with Gasteiger partial charge >= 0.3 is 0 Å². The van der Waals surface area contributed by atoms with Crippen LogP contribution in [0.2, 0.25) is 0 Å². The topological polar surface area (TPSA) is 62.3 Å². The number of rotatable bonds is 6. The van der Waals surface area contributed by atoms with Gasteiger partial charge in [-0.15, -0.1) is 23.1 Å². The summed E-state index contributed by atoms with van der Waals surface area (Å²) in [5, 5.41) is 5.73. The number of hydrogen-bond acceptors (Lipinski definition) is 5. The quantitative estimate of drug-likeness (QED) is 0.594. The molecule has 0 unspecified atom stereocenters. The van der Waals surface area contributed by atoms with Crippen LogP contribution in [0.4, 0.5) is 0 Å². The third-order valence-corrected chi connectivity index (χ3v) is 6.15. The largest absolute Gasteiger partial charge is 0.352 e. The Labute approximate surface area is 167 Å². The highest BCUT2D eigenvalue weighted by Gasteiger charge is 2.25. The second-order valence-corrected chi connectivity index (χ2v) is 8.16. The molecule has 7 heteroatoms. The minimum absolute atomic E-state index is 0.0498. The molecule has 0 aromatic carbocycles. The van der Waals surface area contributed by atoms with Crippen molar-refractivity contribution < 1.29 is 9.59 Å². The number of thiophene rings is 1. The van der Waals surface area contributed by atoms with Crippen molar-refractivity contribution in [2.45, 2.75) is 17.9 Å². The molecule has 0 radical (unpaired) electrons. The van der Waals surface area contributed by atoms with Crippen molar-refractivity contribution in [3.05, 3.63) is 52.4 Å². The summed E-state index contributed by atoms with van der Waals surface area (Å²) in [7, 11) is 0. The van der Waals surface area contributed by atoms with E-state index in [1.807, 2.05) is 40.8 Å². The third-order valence-electron chi connectivity index (χ3n) is 4.60. The molecule has 3 heterocycles. The van der Waals surface area contributed by atoms with E-state index in [4.69, 9.17) is 0 Å². The van der Waals surface area contributed by atoms with Crippen molar-refractivity contribution in [2.24, 2.45) is 5.92 Å². The van der Waals surface area contributed by atoms with Crippen molar-refractivity contribution in [1.82, 2.24) is 15.2 Å². The van der Waals surface area contributed by atoms with Gasteiger partial charge in [0.05, 0.1) is 5.56 Å². The zero-order valence-electron chi connectivity index (χ0n) is 15.3. The number of amides is 2. The van der Waals surface area contributed by atoms with E-state index in [1.165, 1.54) is 11.8 Å². The molecule has 0 atom stereocenters. The summed E-state index contributed by atoms with van der Waals surface area (Å²) in [5.74, 6) is 0.387. The molecular weight excluding hydrogens is 378 g/mol. The summed E-state index contributed by atoms with van der Waals surface area (Å²) in [6.45, 7) is 2.08. The summed E-state index contributed by atoms with van der Waals surface area (Å²) in [4.78, 5) is 31.9. The van der Waals surface area contributed by atoms with Crippen LogP contribution >= 0.6 is 23.1 Å². The van der Waals surface area contributed by atoms with Gasteiger partial charge in [-0.3, -0.25) is 9.59 Å². The van der Waals surface area contributed by atoms with Crippen LogP contribution in [0.3, 0.4) is 0 Å². The van der Waals surface area contributed by atoms with Crippen LogP contribution in [-0.4, -0.2) is 47.6 Å². The highest BCUT2D eigenvalue weighted by Crippen LogP contribution is 2.22. The molecule has 2 amide bonds. The normalized spacial score (nSPS) is 15.2. The number of hydrogen-bond donors (Lipinski definition) is 1. The summed E-state index contributed by atoms with van der Waals surface area (Å²) in [6, 6.07) is 7.59. The number of likely N-dealkylation sites (tertiary alicyclic amines) is 1. The zero-order valence-corrected chi connectivity index (χ0v) is 16.9. The lowest BCUT2D eigenvalue weighted by Crippen LogP contribution is -2.41. The van der Waals surface area contributed by atoms with Crippen molar-refractivity contribution in [2.75, 3.05) is 25.9 Å². The SMILES string of the molecule is CSc1ncccc1C(=O)N1CCC(CNC(=O)C=Cc2cccs2)CC1. The number of pyridine rings is 1. The van der Waals surface area contributed by atoms with E-state index in [1.54, 1.807) is 29.7 Å². The first-order chi connectivity index (χ1) is 13.2. The summed E-state index contributed by atoms with van der Waals surface area (Å²) in [5.41, 5.74) is 0.676. The van der Waals surface area contributed by atoms with Gasteiger partial charge in [-0.05, 0) is 54.7 Å². The third kappa shape index (κ3) is 5.43. The van der Waals surface area contributed by atoms with Crippen LogP contribution in [0.1, 0.15) is 28.1 Å². The lowest BCUT2D eigenvalue weighted by molar-refractivity contribution is -0.116. The standard InChI is InChI=1S/C20H23N3O2S2/c1-26-19-17(5-2-10-21-19)20(25)23-11-8-15(9-12-23)14-22-18(24)7-6-16-4-3-13-27-16/h2-7,10,13,15H,8-9,11-12,14H2,1H3,(H,22,24). The first-order valence-corrected chi connectivity index (χ1v) is 11.1. The van der Waals surface area contributed by atoms with Gasteiger partial charge in [-0.25, -0.2) is 4.98 Å². The number of thioether (sulfide) groups is 1. The first kappa shape index (κ1) is 19.6. The number of carbonyl (C=O) groups is 2. The van der Waals surface area contributed by atoms with E-state index in [9.17, 15) is 9.59 Å². The summed E-state index contributed by atoms with van der Waals surface area (Å²) < 4.78 is 0. The average Bonchev–Trinajstić information content (AvgIpc) is 3.24. The molecule has 1 saturated heterocycles. The van der Waals surface area contributed by atoms with Crippen LogP contribution in [0, 0.1) is 5.92 Å². The molecule has 0 bridgehead atoms. The maximum Gasteiger partial charge on any atom is 0.256 e. The van der Waals surface area contributed by atoms with Crippen LogP contribution in [0.5, 0.6) is 0 Å². The molecule has 142 valence electrons. The summed E-state index contributed by atoms with van der Waals surface area (Å²) >= 11 is 3.10. The van der Waals surface area contributed by atoms with Crippen molar-refractivity contribution in [1.29, 1.82) is 0 Å². The minimum atomic E-state index is -0.0677. The smallest absolute Gasteiger partial charge is 0.256 e. The molecule has 0 aliphatic carbocycles. The number of aromatic nitrogens is 1. The van der Waals surface area contributed by atoms with E-state index >= 15 is 0 Å². The van der Waals surface area contributed by atoms with E-state index < -0.39 is 0 Å². The minimum Gasteiger partial charge on any atom is -0.352 e. The van der Waals surface area contributed by atoms with Gasteiger partial charge in [0.15, 0.2) is 0 Å². The molecular formula is C20H23N3O2S2. The number of nitrogens with zero attached hydrogens (tertiary/aromatic N) is 2. The molecule has 0 saturated carbocycles. The van der Waals surface area contributed by atoms with Crippen LogP contribution in [-0.2, 0) is 4.79 Å². The van der Waals surface area contributed by atoms with Gasteiger partial charge in [0, 0.05) is 36.8 Å². The van der Waals surface area contributed by atoms with Gasteiger partial charge in [0.25, 0.3) is 5.91 Å². The second kappa shape index (κ2) is 9.71. The van der Waals surface area contributed by atoms with E-state index in [2.05, 4.69) is 10.3 Å². The van der Waals surface area contributed by atoms with Crippen molar-refractivity contribution >= 4 is 41.0 Å². The fourth-order valence-corrected chi connectivity index (χ4v) is 4.23. The molecule has 1 N–H and O–H groups in total. The van der Waals surface area contributed by atoms with Crippen molar-refractivity contribution in [3.8, 4) is 0 Å². The molecule has 27 heavy (non-hydrogen) atoms. The Bertz CT molecular complexity index is 797. The second-order valence-electron chi connectivity index (χ2n) is 6.39. The monoisotopic (exact) mass is 401 g/mol. The fourth-order valence-electron chi connectivity index (χ4n) is 3.07. The molecule has 0 spiro atoms. The fraction of sp³-hybridized carbons (Fsp3) is 0.350. The maximum atomic E-state index is 12.7. The highest BCUT2D eigenvalue weighted by atomic mass is 32.2. The summed E-state index contributed by atoms with van der Waals surface area (Å²) in [6.07, 6.45) is 8.85. The molecule has 1 aliphatic rings. The lowest BCUT2D eigenvalue weighted by Gasteiger charge is -2.32. The van der Waals surface area contributed by atoms with Gasteiger partial charge in [-0.1, -0.05) is 6.07 Å². The van der Waals surface area contributed by atoms with E-state index in [-0.39, 0.29) is 11.8 Å². The average molecular weight is 402 g/mol. The number of piperidine rings is 1. The molecule has 3 rings (SSSR count). The Morgan fingerprint density at radius 3 is 2.85 bits per heavy atom. The molecule has 5 nitrogen and oxygen atoms in total. The van der Waals surface area contributed by atoms with E-state index in [0.717, 1.165) is 22.7 Å². The molecule has 2 aromatic heterocycles. The van der Waals surface area contributed by atoms with Crippen LogP contribution < -0.4 is 5.32 Å². The van der Waals surface area contributed by atoms with Gasteiger partial charge < -0.3 is 10.2 Å². The van der Waals surface area contributed by atoms with Crippen LogP contribution in [0.25, 0.3) is 6.08 Å². The van der Waals surface area contributed by atoms with Crippen LogP contribution in [0.15, 0.2) is 46.9 Å². The van der Waals surface area contributed by atoms with E-state index in [0.29, 0.717) is 31.1 Å². The predicted molar refractivity (Wildman–Crippen MR) is 111 cm³/mol. The molecule has 1 fully saturated rings. The number of nitrogens with one attached hydrogen (secondary N) is 1. The Morgan fingerprint density at radius 1 is 1.33 bits per heavy atom. The Kier molecular flexibility index (Phi) is 7.06. The Hall–Kier alpha value is -2.12. The lowest BCUT2D eigenvalue weighted by atomic mass is 9.96. The predicted octanol–water partition coefficient (Wildman–Crippen LogP) is 3.55. The van der Waals surface area contributed by atoms with Gasteiger partial charge in [-0.2, -0.15) is 0 Å². The Balaban J connectivity index is 1.45. The zero-order chi connectivity index (χ0) is 19.1. The maximum absolute atomic E-state index is 12.7. The molecule has 2 aromatic rings. The molecule has 1 aliphatic heterocycles. The highest BCUT2D eigenvalue weighted by molar-refractivity contribution is 7.98. The van der Waals surface area contributed by atoms with Gasteiger partial charge in [0.2, 0.25) is 5.91 Å². The first-order valence-electron chi connectivity index (χ1n) is 8.95. The Morgan fingerprint density at radius 2 is 2.15 bits per heavy atom.